The normalized spacial score (nSPS) is 15.4. The van der Waals surface area contributed by atoms with Crippen LogP contribution in [-0.2, 0) is 37.3 Å². The van der Waals surface area contributed by atoms with Gasteiger partial charge < -0.3 is 9.47 Å². The minimum absolute atomic E-state index is 0.00176. The number of benzene rings is 2. The summed E-state index contributed by atoms with van der Waals surface area (Å²) < 4.78 is 37.3. The van der Waals surface area contributed by atoms with E-state index in [1.807, 2.05) is 0 Å². The number of sulfonamides is 1. The van der Waals surface area contributed by atoms with Crippen LogP contribution in [0.2, 0.25) is 10.0 Å². The van der Waals surface area contributed by atoms with Crippen LogP contribution >= 0.6 is 23.2 Å². The molecule has 0 bridgehead atoms. The number of hydrogen-bond donors (Lipinski definition) is 0. The maximum atomic E-state index is 12.7. The number of halogens is 2. The SMILES string of the molecule is O=C(Cc1ccc(Cl)cc1Cl)OCc1cccc(S(=O)(=O)N2CCOCC2)c1. The zero-order chi connectivity index (χ0) is 20.1. The molecule has 2 aromatic carbocycles. The number of morpholine rings is 1. The highest BCUT2D eigenvalue weighted by Crippen LogP contribution is 2.22. The predicted molar refractivity (Wildman–Crippen MR) is 106 cm³/mol. The van der Waals surface area contributed by atoms with Crippen LogP contribution in [0.4, 0.5) is 0 Å². The molecule has 1 saturated heterocycles. The molecule has 0 atom stereocenters. The van der Waals surface area contributed by atoms with Gasteiger partial charge in [-0.2, -0.15) is 4.31 Å². The second-order valence-corrected chi connectivity index (χ2v) is 9.02. The zero-order valence-electron chi connectivity index (χ0n) is 14.9. The first-order valence-corrected chi connectivity index (χ1v) is 10.8. The van der Waals surface area contributed by atoms with Gasteiger partial charge in [0.25, 0.3) is 0 Å². The molecule has 2 aromatic rings. The van der Waals surface area contributed by atoms with Crippen molar-refractivity contribution in [2.24, 2.45) is 0 Å². The average Bonchev–Trinajstić information content (AvgIpc) is 2.69. The van der Waals surface area contributed by atoms with Crippen LogP contribution in [0.15, 0.2) is 47.4 Å². The number of hydrogen-bond acceptors (Lipinski definition) is 5. The predicted octanol–water partition coefficient (Wildman–Crippen LogP) is 3.30. The Morgan fingerprint density at radius 2 is 1.86 bits per heavy atom. The van der Waals surface area contributed by atoms with Crippen LogP contribution in [0, 0.1) is 0 Å². The van der Waals surface area contributed by atoms with Gasteiger partial charge in [0.2, 0.25) is 10.0 Å². The molecule has 1 fully saturated rings. The standard InChI is InChI=1S/C19H19Cl2NO5S/c20-16-5-4-15(18(21)12-16)11-19(23)27-13-14-2-1-3-17(10-14)28(24,25)22-6-8-26-9-7-22/h1-5,10,12H,6-9,11,13H2. The molecular formula is C19H19Cl2NO5S. The van der Waals surface area contributed by atoms with Crippen LogP contribution in [0.5, 0.6) is 0 Å². The molecular weight excluding hydrogens is 425 g/mol. The summed E-state index contributed by atoms with van der Waals surface area (Å²) in [4.78, 5) is 12.3. The van der Waals surface area contributed by atoms with E-state index in [-0.39, 0.29) is 17.9 Å². The van der Waals surface area contributed by atoms with Crippen LogP contribution in [0.3, 0.4) is 0 Å². The quantitative estimate of drug-likeness (QED) is 0.640. The zero-order valence-corrected chi connectivity index (χ0v) is 17.3. The van der Waals surface area contributed by atoms with E-state index in [1.165, 1.54) is 16.4 Å². The molecule has 150 valence electrons. The van der Waals surface area contributed by atoms with Crippen molar-refractivity contribution in [3.8, 4) is 0 Å². The van der Waals surface area contributed by atoms with Gasteiger partial charge in [-0.1, -0.05) is 41.4 Å². The molecule has 0 spiro atoms. The third-order valence-electron chi connectivity index (χ3n) is 4.26. The molecule has 0 unspecified atom stereocenters. The van der Waals surface area contributed by atoms with E-state index >= 15 is 0 Å². The number of carbonyl (C=O) groups is 1. The van der Waals surface area contributed by atoms with Crippen molar-refractivity contribution in [2.45, 2.75) is 17.9 Å². The molecule has 28 heavy (non-hydrogen) atoms. The maximum Gasteiger partial charge on any atom is 0.310 e. The van der Waals surface area contributed by atoms with Gasteiger partial charge in [-0.15, -0.1) is 0 Å². The van der Waals surface area contributed by atoms with E-state index < -0.39 is 16.0 Å². The Balaban J connectivity index is 1.63. The Kier molecular flexibility index (Phi) is 6.95. The third-order valence-corrected chi connectivity index (χ3v) is 6.74. The second-order valence-electron chi connectivity index (χ2n) is 6.24. The highest BCUT2D eigenvalue weighted by atomic mass is 35.5. The van der Waals surface area contributed by atoms with Crippen LogP contribution in [0.25, 0.3) is 0 Å². The smallest absolute Gasteiger partial charge is 0.310 e. The lowest BCUT2D eigenvalue weighted by atomic mass is 10.1. The Morgan fingerprint density at radius 1 is 1.11 bits per heavy atom. The number of esters is 1. The maximum absolute atomic E-state index is 12.7. The molecule has 0 aromatic heterocycles. The molecule has 1 aliphatic heterocycles. The molecule has 6 nitrogen and oxygen atoms in total. The Bertz CT molecular complexity index is 959. The highest BCUT2D eigenvalue weighted by Gasteiger charge is 2.26. The van der Waals surface area contributed by atoms with Gasteiger partial charge in [-0.05, 0) is 35.4 Å². The lowest BCUT2D eigenvalue weighted by Crippen LogP contribution is -2.40. The van der Waals surface area contributed by atoms with Gasteiger partial charge in [0.1, 0.15) is 6.61 Å². The fourth-order valence-electron chi connectivity index (χ4n) is 2.77. The van der Waals surface area contributed by atoms with Crippen molar-refractivity contribution in [2.75, 3.05) is 26.3 Å². The first-order chi connectivity index (χ1) is 13.4. The van der Waals surface area contributed by atoms with E-state index in [0.29, 0.717) is 47.5 Å². The lowest BCUT2D eigenvalue weighted by Gasteiger charge is -2.26. The van der Waals surface area contributed by atoms with E-state index in [1.54, 1.807) is 30.3 Å². The lowest BCUT2D eigenvalue weighted by molar-refractivity contribution is -0.144. The van der Waals surface area contributed by atoms with Crippen molar-refractivity contribution >= 4 is 39.2 Å². The molecule has 0 aliphatic carbocycles. The molecule has 9 heteroatoms. The Hall–Kier alpha value is -1.64. The topological polar surface area (TPSA) is 72.9 Å². The fourth-order valence-corrected chi connectivity index (χ4v) is 4.72. The van der Waals surface area contributed by atoms with Gasteiger partial charge in [0.15, 0.2) is 0 Å². The molecule has 0 saturated carbocycles. The van der Waals surface area contributed by atoms with E-state index in [4.69, 9.17) is 32.7 Å². The number of rotatable bonds is 6. The summed E-state index contributed by atoms with van der Waals surface area (Å²) in [6, 6.07) is 11.3. The number of carbonyl (C=O) groups excluding carboxylic acids is 1. The summed E-state index contributed by atoms with van der Waals surface area (Å²) in [6.07, 6.45) is 0.00176. The van der Waals surface area contributed by atoms with E-state index in [2.05, 4.69) is 0 Å². The van der Waals surface area contributed by atoms with E-state index in [0.717, 1.165) is 0 Å². The first kappa shape index (κ1) is 21.1. The third kappa shape index (κ3) is 5.24. The summed E-state index contributed by atoms with van der Waals surface area (Å²) in [7, 11) is -3.60. The summed E-state index contributed by atoms with van der Waals surface area (Å²) >= 11 is 11.9. The minimum atomic E-state index is -3.60. The molecule has 0 radical (unpaired) electrons. The Morgan fingerprint density at radius 3 is 2.57 bits per heavy atom. The largest absolute Gasteiger partial charge is 0.461 e. The van der Waals surface area contributed by atoms with Gasteiger partial charge in [-0.3, -0.25) is 4.79 Å². The number of ether oxygens (including phenoxy) is 2. The van der Waals surface area contributed by atoms with Crippen molar-refractivity contribution in [1.82, 2.24) is 4.31 Å². The fraction of sp³-hybridized carbons (Fsp3) is 0.316. The summed E-state index contributed by atoms with van der Waals surface area (Å²) in [6.45, 7) is 1.37. The molecule has 0 N–H and O–H groups in total. The second kappa shape index (κ2) is 9.24. The average molecular weight is 444 g/mol. The van der Waals surface area contributed by atoms with Crippen molar-refractivity contribution < 1.29 is 22.7 Å². The van der Waals surface area contributed by atoms with E-state index in [9.17, 15) is 13.2 Å². The van der Waals surface area contributed by atoms with Crippen molar-refractivity contribution in [3.63, 3.8) is 0 Å². The van der Waals surface area contributed by atoms with Crippen LogP contribution in [-0.4, -0.2) is 45.0 Å². The summed E-state index contributed by atoms with van der Waals surface area (Å²) in [5, 5.41) is 0.878. The summed E-state index contributed by atoms with van der Waals surface area (Å²) in [5.74, 6) is -0.467. The first-order valence-electron chi connectivity index (χ1n) is 8.62. The number of nitrogens with zero attached hydrogens (tertiary/aromatic N) is 1. The van der Waals surface area contributed by atoms with Gasteiger partial charge >= 0.3 is 5.97 Å². The molecule has 3 rings (SSSR count). The van der Waals surface area contributed by atoms with Gasteiger partial charge in [0.05, 0.1) is 24.5 Å². The van der Waals surface area contributed by atoms with Gasteiger partial charge in [0, 0.05) is 23.1 Å². The minimum Gasteiger partial charge on any atom is -0.461 e. The molecule has 1 aliphatic rings. The Labute approximate surface area is 174 Å². The van der Waals surface area contributed by atoms with Gasteiger partial charge in [-0.25, -0.2) is 8.42 Å². The van der Waals surface area contributed by atoms with Crippen molar-refractivity contribution in [3.05, 3.63) is 63.6 Å². The van der Waals surface area contributed by atoms with Crippen LogP contribution < -0.4 is 0 Å². The van der Waals surface area contributed by atoms with Crippen molar-refractivity contribution in [1.29, 1.82) is 0 Å². The highest BCUT2D eigenvalue weighted by molar-refractivity contribution is 7.89. The monoisotopic (exact) mass is 443 g/mol. The summed E-state index contributed by atoms with van der Waals surface area (Å²) in [5.41, 5.74) is 1.20. The molecule has 1 heterocycles. The molecule has 0 amide bonds. The van der Waals surface area contributed by atoms with Crippen LogP contribution in [0.1, 0.15) is 11.1 Å².